The van der Waals surface area contributed by atoms with E-state index in [1.165, 1.54) is 6.26 Å². The van der Waals surface area contributed by atoms with E-state index < -0.39 is 10.0 Å². The van der Waals surface area contributed by atoms with Gasteiger partial charge in [0.2, 0.25) is 15.9 Å². The number of hydrogen-bond acceptors (Lipinski definition) is 6. The van der Waals surface area contributed by atoms with Crippen molar-refractivity contribution in [1.29, 1.82) is 0 Å². The van der Waals surface area contributed by atoms with Crippen molar-refractivity contribution in [3.05, 3.63) is 47.6 Å². The average Bonchev–Trinajstić information content (AvgIpc) is 3.05. The average molecular weight is 336 g/mol. The molecule has 1 aliphatic rings. The van der Waals surface area contributed by atoms with E-state index in [2.05, 4.69) is 14.9 Å². The summed E-state index contributed by atoms with van der Waals surface area (Å²) in [6.07, 6.45) is 2.41. The third kappa shape index (κ3) is 4.15. The van der Waals surface area contributed by atoms with Gasteiger partial charge in [-0.2, -0.15) is 4.98 Å². The van der Waals surface area contributed by atoms with E-state index in [0.717, 1.165) is 5.56 Å². The van der Waals surface area contributed by atoms with Crippen molar-refractivity contribution < 1.29 is 12.9 Å². The summed E-state index contributed by atoms with van der Waals surface area (Å²) in [6.45, 7) is 0.619. The smallest absolute Gasteiger partial charge is 0.244 e. The largest absolute Gasteiger partial charge is 0.338 e. The number of likely N-dealkylation sites (tertiary alicyclic amines) is 1. The third-order valence-electron chi connectivity index (χ3n) is 3.90. The van der Waals surface area contributed by atoms with Crippen molar-refractivity contribution in [1.82, 2.24) is 19.8 Å². The monoisotopic (exact) mass is 336 g/mol. The van der Waals surface area contributed by atoms with Gasteiger partial charge < -0.3 is 4.52 Å². The van der Waals surface area contributed by atoms with Gasteiger partial charge in [-0.15, -0.1) is 0 Å². The lowest BCUT2D eigenvalue weighted by Crippen LogP contribution is -2.35. The van der Waals surface area contributed by atoms with Gasteiger partial charge in [0.1, 0.15) is 0 Å². The molecule has 0 saturated carbocycles. The zero-order valence-electron chi connectivity index (χ0n) is 13.1. The van der Waals surface area contributed by atoms with E-state index in [-0.39, 0.29) is 12.1 Å². The Morgan fingerprint density at radius 3 is 2.78 bits per heavy atom. The van der Waals surface area contributed by atoms with Gasteiger partial charge in [-0.05, 0) is 19.0 Å². The number of nitrogens with one attached hydrogen (secondary N) is 1. The molecule has 1 aromatic carbocycles. The van der Waals surface area contributed by atoms with Crippen LogP contribution in [0.15, 0.2) is 34.9 Å². The fraction of sp³-hybridized carbons (Fsp3) is 0.467. The lowest BCUT2D eigenvalue weighted by Gasteiger charge is -2.14. The molecule has 2 aromatic rings. The predicted molar refractivity (Wildman–Crippen MR) is 85.3 cm³/mol. The Balaban J connectivity index is 1.68. The van der Waals surface area contributed by atoms with Crippen LogP contribution in [0.1, 0.15) is 29.7 Å². The number of rotatable bonds is 5. The Labute approximate surface area is 135 Å². The first kappa shape index (κ1) is 16.1. The molecule has 2 atom stereocenters. The van der Waals surface area contributed by atoms with Crippen LogP contribution in [-0.4, -0.2) is 49.3 Å². The van der Waals surface area contributed by atoms with Crippen molar-refractivity contribution in [2.45, 2.75) is 24.9 Å². The van der Waals surface area contributed by atoms with E-state index in [1.807, 2.05) is 42.3 Å². The fourth-order valence-electron chi connectivity index (χ4n) is 2.93. The van der Waals surface area contributed by atoms with Crippen LogP contribution >= 0.6 is 0 Å². The summed E-state index contributed by atoms with van der Waals surface area (Å²) >= 11 is 0. The summed E-state index contributed by atoms with van der Waals surface area (Å²) in [5.74, 6) is 1.18. The first-order valence-electron chi connectivity index (χ1n) is 7.44. The van der Waals surface area contributed by atoms with Gasteiger partial charge >= 0.3 is 0 Å². The van der Waals surface area contributed by atoms with Crippen molar-refractivity contribution in [3.8, 4) is 0 Å². The molecule has 3 rings (SSSR count). The number of sulfonamides is 1. The van der Waals surface area contributed by atoms with Crippen LogP contribution in [0.4, 0.5) is 0 Å². The molecule has 1 fully saturated rings. The number of nitrogens with zero attached hydrogens (tertiary/aromatic N) is 3. The summed E-state index contributed by atoms with van der Waals surface area (Å²) in [7, 11) is -1.29. The molecule has 0 amide bonds. The summed E-state index contributed by atoms with van der Waals surface area (Å²) in [5.41, 5.74) is 1.12. The van der Waals surface area contributed by atoms with Gasteiger partial charge in [-0.25, -0.2) is 13.1 Å². The number of hydrogen-bond donors (Lipinski definition) is 1. The van der Waals surface area contributed by atoms with Crippen LogP contribution in [-0.2, 0) is 16.4 Å². The topological polar surface area (TPSA) is 88.3 Å². The molecule has 0 radical (unpaired) electrons. The predicted octanol–water partition coefficient (Wildman–Crippen LogP) is 0.955. The van der Waals surface area contributed by atoms with Crippen molar-refractivity contribution in [2.24, 2.45) is 0 Å². The van der Waals surface area contributed by atoms with Gasteiger partial charge in [0, 0.05) is 19.0 Å². The zero-order valence-corrected chi connectivity index (χ0v) is 14.0. The minimum atomic E-state index is -3.22. The third-order valence-corrected chi connectivity index (χ3v) is 4.66. The Hall–Kier alpha value is -1.77. The van der Waals surface area contributed by atoms with E-state index in [9.17, 15) is 8.42 Å². The summed E-state index contributed by atoms with van der Waals surface area (Å²) < 4.78 is 30.8. The number of aromatic nitrogens is 2. The molecule has 2 heterocycles. The van der Waals surface area contributed by atoms with Gasteiger partial charge in [-0.3, -0.25) is 4.90 Å². The van der Waals surface area contributed by atoms with Gasteiger partial charge in [-0.1, -0.05) is 35.5 Å². The second kappa shape index (κ2) is 6.38. The summed E-state index contributed by atoms with van der Waals surface area (Å²) in [4.78, 5) is 6.50. The molecule has 0 aliphatic carbocycles. The Bertz CT molecular complexity index is 760. The quantitative estimate of drug-likeness (QED) is 0.875. The minimum absolute atomic E-state index is 0.0636. The summed E-state index contributed by atoms with van der Waals surface area (Å²) in [6, 6.07) is 9.75. The molecule has 1 saturated heterocycles. The highest BCUT2D eigenvalue weighted by molar-refractivity contribution is 7.88. The normalized spacial score (nSPS) is 22.5. The lowest BCUT2D eigenvalue weighted by atomic mass is 10.1. The highest BCUT2D eigenvalue weighted by Crippen LogP contribution is 2.30. The van der Waals surface area contributed by atoms with Crippen LogP contribution in [0.2, 0.25) is 0 Å². The van der Waals surface area contributed by atoms with Crippen LogP contribution < -0.4 is 4.72 Å². The van der Waals surface area contributed by atoms with Gasteiger partial charge in [0.05, 0.1) is 12.3 Å². The standard InChI is InChI=1S/C15H20N4O3S/c1-19-10-12(18-23(2,20)21)9-13(19)15-16-14(17-22-15)8-11-6-4-3-5-7-11/h3-7,12-13,18H,8-10H2,1-2H3/t12-,13-/m0/s1. The molecule has 0 unspecified atom stereocenters. The molecular weight excluding hydrogens is 316 g/mol. The highest BCUT2D eigenvalue weighted by Gasteiger charge is 2.35. The van der Waals surface area contributed by atoms with Gasteiger partial charge in [0.25, 0.3) is 0 Å². The lowest BCUT2D eigenvalue weighted by molar-refractivity contribution is 0.244. The van der Waals surface area contributed by atoms with Crippen LogP contribution in [0.3, 0.4) is 0 Å². The van der Waals surface area contributed by atoms with Crippen molar-refractivity contribution in [2.75, 3.05) is 19.8 Å². The first-order valence-corrected chi connectivity index (χ1v) is 9.34. The molecule has 1 aromatic heterocycles. The Kier molecular flexibility index (Phi) is 4.47. The Morgan fingerprint density at radius 1 is 1.35 bits per heavy atom. The second-order valence-corrected chi connectivity index (χ2v) is 7.77. The molecule has 1 N–H and O–H groups in total. The van der Waals surface area contributed by atoms with Gasteiger partial charge in [0.15, 0.2) is 5.82 Å². The maximum absolute atomic E-state index is 11.4. The van der Waals surface area contributed by atoms with Crippen molar-refractivity contribution >= 4 is 10.0 Å². The maximum atomic E-state index is 11.4. The molecule has 23 heavy (non-hydrogen) atoms. The van der Waals surface area contributed by atoms with E-state index in [0.29, 0.717) is 31.1 Å². The van der Waals surface area contributed by atoms with E-state index in [1.54, 1.807) is 0 Å². The number of benzene rings is 1. The molecule has 124 valence electrons. The molecular formula is C15H20N4O3S. The molecule has 0 bridgehead atoms. The van der Waals surface area contributed by atoms with Crippen LogP contribution in [0.25, 0.3) is 0 Å². The molecule has 1 aliphatic heterocycles. The van der Waals surface area contributed by atoms with E-state index in [4.69, 9.17) is 4.52 Å². The Morgan fingerprint density at radius 2 is 2.09 bits per heavy atom. The minimum Gasteiger partial charge on any atom is -0.338 e. The fourth-order valence-corrected chi connectivity index (χ4v) is 3.71. The van der Waals surface area contributed by atoms with Crippen molar-refractivity contribution in [3.63, 3.8) is 0 Å². The SMILES string of the molecule is CN1C[C@@H](NS(C)(=O)=O)C[C@H]1c1nc(Cc2ccccc2)no1. The van der Waals surface area contributed by atoms with Crippen LogP contribution in [0.5, 0.6) is 0 Å². The second-order valence-electron chi connectivity index (χ2n) is 5.99. The maximum Gasteiger partial charge on any atom is 0.244 e. The van der Waals surface area contributed by atoms with E-state index >= 15 is 0 Å². The molecule has 0 spiro atoms. The number of likely N-dealkylation sites (N-methyl/N-ethyl adjacent to an activating group) is 1. The summed E-state index contributed by atoms with van der Waals surface area (Å²) in [5, 5.41) is 4.04. The van der Waals surface area contributed by atoms with Crippen LogP contribution in [0, 0.1) is 0 Å². The molecule has 7 nitrogen and oxygen atoms in total. The highest BCUT2D eigenvalue weighted by atomic mass is 32.2. The molecule has 8 heteroatoms. The zero-order chi connectivity index (χ0) is 16.4. The first-order chi connectivity index (χ1) is 10.9.